The van der Waals surface area contributed by atoms with Crippen LogP contribution in [0.4, 0.5) is 0 Å². The molecule has 0 radical (unpaired) electrons. The summed E-state index contributed by atoms with van der Waals surface area (Å²) in [6, 6.07) is 40.2. The largest absolute Gasteiger partial charge is 0.490 e. The van der Waals surface area contributed by atoms with E-state index in [2.05, 4.69) is 34.7 Å². The van der Waals surface area contributed by atoms with Gasteiger partial charge in [-0.1, -0.05) is 71.7 Å². The highest BCUT2D eigenvalue weighted by atomic mass is 35.5. The van der Waals surface area contributed by atoms with E-state index in [1.54, 1.807) is 77.1 Å². The van der Waals surface area contributed by atoms with Crippen LogP contribution in [-0.2, 0) is 39.7 Å². The quantitative estimate of drug-likeness (QED) is 0.104. The second kappa shape index (κ2) is 22.9. The molecule has 0 bridgehead atoms. The Morgan fingerprint density at radius 1 is 0.606 bits per heavy atom. The maximum absolute atomic E-state index is 13.2. The van der Waals surface area contributed by atoms with Crippen LogP contribution in [0.15, 0.2) is 142 Å². The molecule has 0 spiro atoms. The van der Waals surface area contributed by atoms with Crippen LogP contribution in [0.5, 0.6) is 5.75 Å². The molecular weight excluding hydrogens is 958 g/mol. The summed E-state index contributed by atoms with van der Waals surface area (Å²) in [5, 5.41) is 6.77. The van der Waals surface area contributed by atoms with Crippen LogP contribution in [0.3, 0.4) is 0 Å². The van der Waals surface area contributed by atoms with Gasteiger partial charge in [-0.3, -0.25) is 14.5 Å². The summed E-state index contributed by atoms with van der Waals surface area (Å²) in [5.41, 5.74) is 2.27. The van der Waals surface area contributed by atoms with Crippen LogP contribution in [-0.4, -0.2) is 87.5 Å². The first-order valence-electron chi connectivity index (χ1n) is 21.5. The van der Waals surface area contributed by atoms with Crippen molar-refractivity contribution >= 4 is 77.7 Å². The smallest absolute Gasteiger partial charge is 0.252 e. The second-order valence-corrected chi connectivity index (χ2v) is 23.4. The number of benzene rings is 4. The van der Waals surface area contributed by atoms with Gasteiger partial charge in [0.2, 0.25) is 0 Å². The minimum Gasteiger partial charge on any atom is -0.490 e. The lowest BCUT2D eigenvalue weighted by Crippen LogP contribution is -2.45. The number of carbonyl (C=O) groups is 2. The number of amides is 2. The molecule has 4 heterocycles. The number of para-hydroxylation sites is 1. The molecule has 0 atom stereocenters. The van der Waals surface area contributed by atoms with Crippen molar-refractivity contribution < 1.29 is 31.2 Å². The first kappa shape index (κ1) is 49.3. The van der Waals surface area contributed by atoms with Gasteiger partial charge in [0.1, 0.15) is 20.3 Å². The van der Waals surface area contributed by atoms with Crippen molar-refractivity contribution in [1.82, 2.24) is 24.1 Å². The lowest BCUT2D eigenvalue weighted by Gasteiger charge is -2.36. The van der Waals surface area contributed by atoms with E-state index in [-0.39, 0.29) is 35.2 Å². The maximum Gasteiger partial charge on any atom is 0.252 e. The topological polar surface area (TPSA) is 145 Å². The zero-order valence-corrected chi connectivity index (χ0v) is 41.0. The van der Waals surface area contributed by atoms with Gasteiger partial charge >= 0.3 is 0 Å². The summed E-state index contributed by atoms with van der Waals surface area (Å²) in [4.78, 5) is 28.4. The average molecular weight is 1010 g/mol. The van der Waals surface area contributed by atoms with Crippen LogP contribution in [0.2, 0.25) is 10.0 Å². The number of thiophene rings is 2. The fourth-order valence-electron chi connectivity index (χ4n) is 7.59. The molecule has 2 fully saturated rings. The Balaban J connectivity index is 0.000000197. The summed E-state index contributed by atoms with van der Waals surface area (Å²) < 4.78 is 62.1. The van der Waals surface area contributed by atoms with Crippen LogP contribution in [0.1, 0.15) is 61.7 Å². The highest BCUT2D eigenvalue weighted by Gasteiger charge is 2.33. The number of nitrogens with one attached hydrogen (secondary N) is 2. The van der Waals surface area contributed by atoms with Crippen LogP contribution >= 0.6 is 45.9 Å². The van der Waals surface area contributed by atoms with Crippen LogP contribution < -0.4 is 15.4 Å². The van der Waals surface area contributed by atoms with E-state index in [1.807, 2.05) is 48.5 Å². The van der Waals surface area contributed by atoms with E-state index >= 15 is 0 Å². The number of piperidine rings is 2. The summed E-state index contributed by atoms with van der Waals surface area (Å²) in [6.07, 6.45) is 2.90. The number of hydrogen-bond donors (Lipinski definition) is 2. The third kappa shape index (κ3) is 13.3. The lowest BCUT2D eigenvalue weighted by molar-refractivity contribution is 0.0943. The molecule has 66 heavy (non-hydrogen) atoms. The predicted octanol–water partition coefficient (Wildman–Crippen LogP) is 9.18. The van der Waals surface area contributed by atoms with Crippen LogP contribution in [0.25, 0.3) is 0 Å². The summed E-state index contributed by atoms with van der Waals surface area (Å²) >= 11 is 14.1. The molecule has 8 rings (SSSR count). The molecule has 18 heteroatoms. The molecule has 2 aliphatic rings. The normalized spacial score (nSPS) is 15.5. The zero-order valence-electron chi connectivity index (χ0n) is 36.2. The Hall–Kier alpha value is -4.62. The molecule has 4 aromatic carbocycles. The van der Waals surface area contributed by atoms with Gasteiger partial charge < -0.3 is 15.4 Å². The monoisotopic (exact) mass is 1010 g/mol. The summed E-state index contributed by atoms with van der Waals surface area (Å²) in [6.45, 7) is 3.23. The third-order valence-electron chi connectivity index (χ3n) is 11.3. The van der Waals surface area contributed by atoms with Gasteiger partial charge in [0.05, 0.1) is 13.1 Å². The van der Waals surface area contributed by atoms with Gasteiger partial charge in [0.25, 0.3) is 31.9 Å². The molecule has 0 saturated carbocycles. The third-order valence-corrected chi connectivity index (χ3v) is 18.7. The highest BCUT2D eigenvalue weighted by Crippen LogP contribution is 2.30. The molecular formula is C48H51Cl2N5O7S4. The number of rotatable bonds is 15. The number of nitrogens with zero attached hydrogens (tertiary/aromatic N) is 3. The van der Waals surface area contributed by atoms with Crippen molar-refractivity contribution in [2.24, 2.45) is 0 Å². The molecule has 12 nitrogen and oxygen atoms in total. The summed E-state index contributed by atoms with van der Waals surface area (Å²) in [5.74, 6) is 0.341. The molecule has 2 aromatic heterocycles. The van der Waals surface area contributed by atoms with E-state index in [4.69, 9.17) is 27.9 Å². The Morgan fingerprint density at radius 3 is 1.48 bits per heavy atom. The fourth-order valence-corrected chi connectivity index (χ4v) is 13.7. The molecule has 0 aliphatic carbocycles. The van der Waals surface area contributed by atoms with Gasteiger partial charge in [-0.2, -0.15) is 8.61 Å². The Bertz CT molecular complexity index is 2740. The molecule has 348 valence electrons. The van der Waals surface area contributed by atoms with Gasteiger partial charge in [-0.05, 0) is 123 Å². The number of halogens is 2. The molecule has 0 unspecified atom stereocenters. The predicted molar refractivity (Wildman–Crippen MR) is 262 cm³/mol. The Kier molecular flexibility index (Phi) is 17.1. The SMILES string of the molecule is CN(Cc1ccccc1)C1CCN(S(=O)(=O)c2ccc(CNC(=O)c3ccc(Cl)cc3)s2)CC1.O=C(NCc1ccc(S(=O)(=O)N2CCC(Oc3ccccc3)CC2)s1)c1ccc(Cl)cc1. The standard InChI is InChI=1S/C25H28ClN3O3S2.C23H23ClN2O4S2/c1-28(18-19-5-3-2-4-6-19)22-13-15-29(16-14-22)34(31,32)24-12-11-23(33-24)17-27-25(30)20-7-9-21(26)10-8-20;24-18-8-6-17(7-9-18)23(27)25-16-21-10-11-22(31-21)32(28,29)26-14-12-20(13-15-26)30-19-4-2-1-3-5-19/h2-12,22H,13-18H2,1H3,(H,27,30);1-11,20H,12-16H2,(H,25,27). The Morgan fingerprint density at radius 2 is 1.03 bits per heavy atom. The second-order valence-electron chi connectivity index (χ2n) is 15.9. The van der Waals surface area contributed by atoms with Gasteiger partial charge in [-0.25, -0.2) is 16.8 Å². The number of hydrogen-bond acceptors (Lipinski definition) is 10. The van der Waals surface area contributed by atoms with Gasteiger partial charge in [0.15, 0.2) is 0 Å². The zero-order chi connectivity index (χ0) is 46.7. The average Bonchev–Trinajstić information content (AvgIpc) is 4.03. The first-order chi connectivity index (χ1) is 31.7. The molecule has 2 amide bonds. The van der Waals surface area contributed by atoms with E-state index in [9.17, 15) is 26.4 Å². The number of ether oxygens (including phenoxy) is 1. The number of carbonyl (C=O) groups excluding carboxylic acids is 2. The Labute approximate surface area is 405 Å². The van der Waals surface area contributed by atoms with Gasteiger partial charge in [0, 0.05) is 69.7 Å². The minimum absolute atomic E-state index is 0.00540. The maximum atomic E-state index is 13.2. The van der Waals surface area contributed by atoms with Crippen molar-refractivity contribution in [2.45, 2.75) is 65.9 Å². The first-order valence-corrected chi connectivity index (χ1v) is 26.7. The van der Waals surface area contributed by atoms with E-state index < -0.39 is 20.0 Å². The van der Waals surface area contributed by atoms with Crippen molar-refractivity contribution in [2.75, 3.05) is 33.2 Å². The summed E-state index contributed by atoms with van der Waals surface area (Å²) in [7, 11) is -5.00. The minimum atomic E-state index is -3.56. The fraction of sp³-hybridized carbons (Fsp3) is 0.292. The van der Waals surface area contributed by atoms with Crippen molar-refractivity contribution in [3.63, 3.8) is 0 Å². The van der Waals surface area contributed by atoms with Crippen molar-refractivity contribution in [3.05, 3.63) is 170 Å². The van der Waals surface area contributed by atoms with E-state index in [1.165, 1.54) is 32.5 Å². The lowest BCUT2D eigenvalue weighted by atomic mass is 10.0. The van der Waals surface area contributed by atoms with Crippen molar-refractivity contribution in [3.8, 4) is 5.75 Å². The van der Waals surface area contributed by atoms with Crippen LogP contribution in [0, 0.1) is 0 Å². The molecule has 6 aromatic rings. The number of sulfonamides is 2. The van der Waals surface area contributed by atoms with E-state index in [0.717, 1.165) is 34.9 Å². The van der Waals surface area contributed by atoms with E-state index in [0.29, 0.717) is 70.4 Å². The molecule has 2 aliphatic heterocycles. The van der Waals surface area contributed by atoms with Gasteiger partial charge in [-0.15, -0.1) is 22.7 Å². The van der Waals surface area contributed by atoms with Crippen molar-refractivity contribution in [1.29, 1.82) is 0 Å². The molecule has 2 N–H and O–H groups in total. The molecule has 2 saturated heterocycles. The highest BCUT2D eigenvalue weighted by molar-refractivity contribution is 7.91.